The van der Waals surface area contributed by atoms with Gasteiger partial charge in [0, 0.05) is 13.6 Å². The van der Waals surface area contributed by atoms with Gasteiger partial charge in [-0.15, -0.1) is 11.8 Å². The topological polar surface area (TPSA) is 107 Å². The molecular weight excluding hydrogens is 417 g/mol. The molecule has 0 aliphatic heterocycles. The Hall–Kier alpha value is -0.800. The standard InChI is InChI=1S/C18H38N3O6PS/c1-6-8-10-12-14-20-28(23,25-15-13-11-9-7-2)27-17(29-5)16(21-24-4)26-18(22)19-3/h17H,6-15H2,1-5H3,(H,19,22)(H,20,23)/b21-16+. The summed E-state index contributed by atoms with van der Waals surface area (Å²) in [4.78, 5) is 16.3. The van der Waals surface area contributed by atoms with Gasteiger partial charge < -0.3 is 14.9 Å². The van der Waals surface area contributed by atoms with E-state index >= 15 is 0 Å². The number of carbonyl (C=O) groups excluding carboxylic acids is 1. The minimum absolute atomic E-state index is 0.151. The van der Waals surface area contributed by atoms with Crippen LogP contribution in [0.2, 0.25) is 0 Å². The van der Waals surface area contributed by atoms with E-state index in [0.29, 0.717) is 13.2 Å². The van der Waals surface area contributed by atoms with E-state index in [1.807, 2.05) is 0 Å². The second-order valence-corrected chi connectivity index (χ2v) is 8.96. The van der Waals surface area contributed by atoms with Crippen LogP contribution in [0.15, 0.2) is 5.16 Å². The van der Waals surface area contributed by atoms with Crippen molar-refractivity contribution < 1.29 is 28.0 Å². The van der Waals surface area contributed by atoms with E-state index in [9.17, 15) is 9.36 Å². The first-order valence-corrected chi connectivity index (χ1v) is 13.0. The molecular formula is C18H38N3O6PS. The molecule has 11 heteroatoms. The average Bonchev–Trinajstić information content (AvgIpc) is 2.71. The molecule has 0 fully saturated rings. The summed E-state index contributed by atoms with van der Waals surface area (Å²) in [6, 6.07) is 0. The van der Waals surface area contributed by atoms with Crippen molar-refractivity contribution in [3.05, 3.63) is 0 Å². The molecule has 0 spiro atoms. The maximum Gasteiger partial charge on any atom is 0.413 e. The number of hydrogen-bond donors (Lipinski definition) is 2. The third kappa shape index (κ3) is 13.9. The lowest BCUT2D eigenvalue weighted by Gasteiger charge is -2.24. The fourth-order valence-corrected chi connectivity index (χ4v) is 4.60. The molecule has 0 aliphatic rings. The fourth-order valence-electron chi connectivity index (χ4n) is 2.26. The van der Waals surface area contributed by atoms with Crippen molar-refractivity contribution in [3.8, 4) is 0 Å². The van der Waals surface area contributed by atoms with Crippen LogP contribution in [0, 0.1) is 0 Å². The zero-order valence-corrected chi connectivity index (χ0v) is 20.1. The van der Waals surface area contributed by atoms with Gasteiger partial charge in [-0.1, -0.05) is 52.4 Å². The van der Waals surface area contributed by atoms with Crippen LogP contribution in [0.4, 0.5) is 4.79 Å². The molecule has 0 saturated carbocycles. The van der Waals surface area contributed by atoms with Gasteiger partial charge in [-0.2, -0.15) is 0 Å². The number of carbonyl (C=O) groups is 1. The maximum absolute atomic E-state index is 13.3. The number of alkyl carbamates (subject to hydrolysis) is 1. The van der Waals surface area contributed by atoms with Crippen LogP contribution in [0.1, 0.15) is 65.2 Å². The van der Waals surface area contributed by atoms with Gasteiger partial charge in [0.25, 0.3) is 5.90 Å². The number of hydrogen-bond acceptors (Lipinski definition) is 8. The smallest absolute Gasteiger partial charge is 0.396 e. The number of nitrogens with one attached hydrogen (secondary N) is 2. The van der Waals surface area contributed by atoms with Crippen molar-refractivity contribution in [1.82, 2.24) is 10.4 Å². The fraction of sp³-hybridized carbons (Fsp3) is 0.889. The number of nitrogens with zero attached hydrogens (tertiary/aromatic N) is 1. The van der Waals surface area contributed by atoms with Crippen molar-refractivity contribution in [2.45, 2.75) is 70.7 Å². The molecule has 0 aromatic rings. The van der Waals surface area contributed by atoms with E-state index in [1.165, 1.54) is 14.2 Å². The zero-order chi connectivity index (χ0) is 22.0. The summed E-state index contributed by atoms with van der Waals surface area (Å²) in [5.41, 5.74) is -0.947. The Labute approximate surface area is 179 Å². The van der Waals surface area contributed by atoms with E-state index in [-0.39, 0.29) is 5.90 Å². The van der Waals surface area contributed by atoms with Gasteiger partial charge >= 0.3 is 13.8 Å². The lowest BCUT2D eigenvalue weighted by Crippen LogP contribution is -2.32. The minimum Gasteiger partial charge on any atom is -0.396 e. The summed E-state index contributed by atoms with van der Waals surface area (Å²) in [6.07, 6.45) is 9.09. The molecule has 0 aromatic carbocycles. The minimum atomic E-state index is -3.64. The van der Waals surface area contributed by atoms with Crippen molar-refractivity contribution in [1.29, 1.82) is 0 Å². The van der Waals surface area contributed by atoms with Crippen LogP contribution in [0.3, 0.4) is 0 Å². The van der Waals surface area contributed by atoms with Crippen LogP contribution in [-0.2, 0) is 23.2 Å². The highest BCUT2D eigenvalue weighted by Crippen LogP contribution is 2.47. The van der Waals surface area contributed by atoms with Crippen molar-refractivity contribution >= 4 is 31.5 Å². The summed E-state index contributed by atoms with van der Waals surface area (Å²) < 4.78 is 29.7. The molecule has 0 bridgehead atoms. The quantitative estimate of drug-likeness (QED) is 0.0798. The first kappa shape index (κ1) is 28.2. The first-order valence-electron chi connectivity index (χ1n) is 10.2. The van der Waals surface area contributed by atoms with E-state index in [4.69, 9.17) is 18.6 Å². The zero-order valence-electron chi connectivity index (χ0n) is 18.4. The summed E-state index contributed by atoms with van der Waals surface area (Å²) in [6.45, 7) is 5.07. The number of rotatable bonds is 17. The third-order valence-corrected chi connectivity index (χ3v) is 6.32. The van der Waals surface area contributed by atoms with Gasteiger partial charge in [0.1, 0.15) is 7.11 Å². The van der Waals surface area contributed by atoms with E-state index in [1.54, 1.807) is 6.26 Å². The molecule has 0 saturated heterocycles. The Morgan fingerprint density at radius 1 is 1.10 bits per heavy atom. The number of oxime groups is 1. The molecule has 0 heterocycles. The van der Waals surface area contributed by atoms with Gasteiger partial charge in [0.2, 0.25) is 0 Å². The Bertz CT molecular complexity index is 492. The monoisotopic (exact) mass is 455 g/mol. The molecule has 9 nitrogen and oxygen atoms in total. The molecule has 2 unspecified atom stereocenters. The van der Waals surface area contributed by atoms with Crippen LogP contribution in [0.5, 0.6) is 0 Å². The number of unbranched alkanes of at least 4 members (excludes halogenated alkanes) is 6. The molecule has 2 N–H and O–H groups in total. The van der Waals surface area contributed by atoms with Crippen LogP contribution < -0.4 is 10.4 Å². The van der Waals surface area contributed by atoms with Gasteiger partial charge in [0.15, 0.2) is 5.44 Å². The van der Waals surface area contributed by atoms with Gasteiger partial charge in [-0.25, -0.2) is 14.4 Å². The summed E-state index contributed by atoms with van der Waals surface area (Å²) in [5.74, 6) is -0.151. The number of thioether (sulfide) groups is 1. The molecule has 172 valence electrons. The Morgan fingerprint density at radius 2 is 1.76 bits per heavy atom. The highest BCUT2D eigenvalue weighted by atomic mass is 32.2. The van der Waals surface area contributed by atoms with Crippen LogP contribution in [-0.4, -0.2) is 51.0 Å². The Kier molecular flexibility index (Phi) is 17.5. The van der Waals surface area contributed by atoms with E-state index in [0.717, 1.165) is 63.1 Å². The molecule has 0 aliphatic carbocycles. The summed E-state index contributed by atoms with van der Waals surface area (Å²) in [5, 5.41) is 8.94. The number of amides is 1. The SMILES string of the molecule is CCCCCCNP(=O)(OCCCCCC)OC(SC)/C(=N\OC)OC(=O)NC. The molecule has 2 atom stereocenters. The first-order chi connectivity index (χ1) is 14.0. The van der Waals surface area contributed by atoms with Crippen LogP contribution >= 0.6 is 19.5 Å². The highest BCUT2D eigenvalue weighted by Gasteiger charge is 2.33. The summed E-state index contributed by atoms with van der Waals surface area (Å²) >= 11 is 1.16. The Balaban J connectivity index is 5.09. The molecule has 0 radical (unpaired) electrons. The Morgan fingerprint density at radius 3 is 2.31 bits per heavy atom. The second-order valence-electron chi connectivity index (χ2n) is 6.28. The number of ether oxygens (including phenoxy) is 1. The average molecular weight is 456 g/mol. The lowest BCUT2D eigenvalue weighted by molar-refractivity contribution is 0.158. The molecule has 0 rings (SSSR count). The molecule has 29 heavy (non-hydrogen) atoms. The van der Waals surface area contributed by atoms with Gasteiger partial charge in [-0.05, 0) is 24.3 Å². The third-order valence-electron chi connectivity index (χ3n) is 3.83. The molecule has 0 aromatic heterocycles. The predicted octanol–water partition coefficient (Wildman–Crippen LogP) is 4.88. The second kappa shape index (κ2) is 18.0. The van der Waals surface area contributed by atoms with E-state index < -0.39 is 19.3 Å². The molecule has 1 amide bonds. The van der Waals surface area contributed by atoms with Gasteiger partial charge in [0.05, 0.1) is 6.61 Å². The predicted molar refractivity (Wildman–Crippen MR) is 118 cm³/mol. The van der Waals surface area contributed by atoms with E-state index in [2.05, 4.69) is 29.4 Å². The van der Waals surface area contributed by atoms with Crippen molar-refractivity contribution in [2.24, 2.45) is 5.16 Å². The normalized spacial score (nSPS) is 14.9. The largest absolute Gasteiger partial charge is 0.413 e. The van der Waals surface area contributed by atoms with Crippen LogP contribution in [0.25, 0.3) is 0 Å². The van der Waals surface area contributed by atoms with Gasteiger partial charge in [-0.3, -0.25) is 9.05 Å². The summed E-state index contributed by atoms with van der Waals surface area (Å²) in [7, 11) is -0.897. The maximum atomic E-state index is 13.3. The highest BCUT2D eigenvalue weighted by molar-refractivity contribution is 7.99. The van der Waals surface area contributed by atoms with Crippen molar-refractivity contribution in [2.75, 3.05) is 33.6 Å². The van der Waals surface area contributed by atoms with Crippen molar-refractivity contribution in [3.63, 3.8) is 0 Å². The lowest BCUT2D eigenvalue weighted by atomic mass is 10.2.